The van der Waals surface area contributed by atoms with Crippen molar-refractivity contribution in [2.75, 3.05) is 5.43 Å². The average molecular weight is 362 g/mol. The van der Waals surface area contributed by atoms with Crippen LogP contribution < -0.4 is 5.43 Å². The molecule has 0 amide bonds. The molecular weight excluding hydrogens is 348 g/mol. The van der Waals surface area contributed by atoms with Gasteiger partial charge in [0.15, 0.2) is 0 Å². The van der Waals surface area contributed by atoms with Crippen LogP contribution in [0, 0.1) is 20.2 Å². The fraction of sp³-hybridized carbons (Fsp3) is 0. The highest BCUT2D eigenvalue weighted by atomic mass is 16.6. The third kappa shape index (κ3) is 4.31. The molecule has 27 heavy (non-hydrogen) atoms. The van der Waals surface area contributed by atoms with E-state index in [1.165, 1.54) is 24.3 Å². The average Bonchev–Trinajstić information content (AvgIpc) is 2.69. The van der Waals surface area contributed by atoms with Gasteiger partial charge in [-0.25, -0.2) is 0 Å². The minimum absolute atomic E-state index is 0.0480. The summed E-state index contributed by atoms with van der Waals surface area (Å²) in [7, 11) is 0. The Hall–Kier alpha value is -4.07. The second-order valence-electron chi connectivity index (χ2n) is 5.55. The van der Waals surface area contributed by atoms with Crippen molar-refractivity contribution < 1.29 is 9.85 Å². The van der Waals surface area contributed by atoms with Crippen LogP contribution in [0.15, 0.2) is 84.0 Å². The molecule has 134 valence electrons. The van der Waals surface area contributed by atoms with E-state index in [9.17, 15) is 20.2 Å². The maximum absolute atomic E-state index is 11.1. The number of rotatable bonds is 6. The lowest BCUT2D eigenvalue weighted by atomic mass is 10.0. The minimum atomic E-state index is -0.490. The van der Waals surface area contributed by atoms with Gasteiger partial charge in [-0.2, -0.15) is 5.10 Å². The normalized spacial score (nSPS) is 11.0. The number of hydrazone groups is 1. The number of para-hydroxylation sites is 1. The van der Waals surface area contributed by atoms with Crippen molar-refractivity contribution in [3.8, 4) is 0 Å². The molecule has 3 aromatic carbocycles. The smallest absolute Gasteiger partial charge is 0.270 e. The second kappa shape index (κ2) is 7.87. The molecule has 8 nitrogen and oxygen atoms in total. The van der Waals surface area contributed by atoms with Crippen LogP contribution in [0.2, 0.25) is 0 Å². The lowest BCUT2D eigenvalue weighted by Gasteiger charge is -2.09. The van der Waals surface area contributed by atoms with Crippen LogP contribution in [0.5, 0.6) is 0 Å². The van der Waals surface area contributed by atoms with Gasteiger partial charge in [0.1, 0.15) is 0 Å². The number of nitrogens with one attached hydrogen (secondary N) is 1. The number of anilines is 1. The van der Waals surface area contributed by atoms with E-state index in [-0.39, 0.29) is 11.4 Å². The summed E-state index contributed by atoms with van der Waals surface area (Å²) in [4.78, 5) is 21.0. The highest BCUT2D eigenvalue weighted by Crippen LogP contribution is 2.20. The van der Waals surface area contributed by atoms with Gasteiger partial charge < -0.3 is 0 Å². The number of nitro benzene ring substituents is 2. The van der Waals surface area contributed by atoms with E-state index in [4.69, 9.17) is 0 Å². The second-order valence-corrected chi connectivity index (χ2v) is 5.55. The maximum Gasteiger partial charge on any atom is 0.270 e. The zero-order valence-electron chi connectivity index (χ0n) is 14.0. The van der Waals surface area contributed by atoms with Crippen molar-refractivity contribution in [1.82, 2.24) is 0 Å². The minimum Gasteiger partial charge on any atom is -0.278 e. The molecule has 0 spiro atoms. The molecule has 8 heteroatoms. The van der Waals surface area contributed by atoms with Crippen molar-refractivity contribution in [3.63, 3.8) is 0 Å². The molecule has 1 N–H and O–H groups in total. The van der Waals surface area contributed by atoms with Crippen LogP contribution in [-0.4, -0.2) is 15.6 Å². The summed E-state index contributed by atoms with van der Waals surface area (Å²) < 4.78 is 0. The summed E-state index contributed by atoms with van der Waals surface area (Å²) in [6.45, 7) is 0. The van der Waals surface area contributed by atoms with Gasteiger partial charge in [0.2, 0.25) is 0 Å². The molecule has 0 aliphatic carbocycles. The summed E-state index contributed by atoms with van der Waals surface area (Å²) in [6.07, 6.45) is 0. The predicted octanol–water partition coefficient (Wildman–Crippen LogP) is 4.37. The first-order chi connectivity index (χ1) is 13.0. The number of hydrogen-bond donors (Lipinski definition) is 1. The highest BCUT2D eigenvalue weighted by Gasteiger charge is 2.14. The molecule has 0 heterocycles. The van der Waals surface area contributed by atoms with Gasteiger partial charge in [0.05, 0.1) is 21.2 Å². The molecule has 3 rings (SSSR count). The first-order valence-electron chi connectivity index (χ1n) is 7.93. The van der Waals surface area contributed by atoms with Crippen LogP contribution in [0.25, 0.3) is 0 Å². The van der Waals surface area contributed by atoms with Gasteiger partial charge >= 0.3 is 0 Å². The Balaban J connectivity index is 2.04. The Morgan fingerprint density at radius 2 is 1.41 bits per heavy atom. The molecule has 0 unspecified atom stereocenters. The van der Waals surface area contributed by atoms with Gasteiger partial charge in [-0.3, -0.25) is 25.7 Å². The van der Waals surface area contributed by atoms with Gasteiger partial charge in [-0.05, 0) is 24.3 Å². The standard InChI is InChI=1S/C19H14N4O4/c24-22(25)17-11-9-14(10-12-17)19(21-20-16-6-2-1-3-7-16)15-5-4-8-18(13-15)23(26)27/h1-13,20H/b21-19+. The molecule has 0 aliphatic heterocycles. The third-order valence-corrected chi connectivity index (χ3v) is 3.75. The van der Waals surface area contributed by atoms with E-state index in [0.717, 1.165) is 5.69 Å². The lowest BCUT2D eigenvalue weighted by Crippen LogP contribution is -2.07. The summed E-state index contributed by atoms with van der Waals surface area (Å²) in [5.41, 5.74) is 5.07. The van der Waals surface area contributed by atoms with Crippen LogP contribution >= 0.6 is 0 Å². The predicted molar refractivity (Wildman–Crippen MR) is 102 cm³/mol. The largest absolute Gasteiger partial charge is 0.278 e. The molecule has 0 fully saturated rings. The van der Waals surface area contributed by atoms with Crippen LogP contribution in [0.4, 0.5) is 17.1 Å². The fourth-order valence-electron chi connectivity index (χ4n) is 2.44. The number of benzene rings is 3. The SMILES string of the molecule is O=[N+]([O-])c1ccc(/C(=N\Nc2ccccc2)c2cccc([N+](=O)[O-])c2)cc1. The van der Waals surface area contributed by atoms with Crippen molar-refractivity contribution in [2.45, 2.75) is 0 Å². The molecule has 0 saturated carbocycles. The van der Waals surface area contributed by atoms with E-state index < -0.39 is 9.85 Å². The molecular formula is C19H14N4O4. The van der Waals surface area contributed by atoms with Crippen molar-refractivity contribution in [3.05, 3.63) is 110 Å². The zero-order valence-corrected chi connectivity index (χ0v) is 14.0. The van der Waals surface area contributed by atoms with Crippen molar-refractivity contribution in [2.24, 2.45) is 5.10 Å². The molecule has 3 aromatic rings. The zero-order chi connectivity index (χ0) is 19.2. The van der Waals surface area contributed by atoms with Gasteiger partial charge in [0.25, 0.3) is 11.4 Å². The van der Waals surface area contributed by atoms with Crippen molar-refractivity contribution in [1.29, 1.82) is 0 Å². The van der Waals surface area contributed by atoms with Crippen molar-refractivity contribution >= 4 is 22.8 Å². The topological polar surface area (TPSA) is 111 Å². The molecule has 0 saturated heterocycles. The molecule has 0 atom stereocenters. The molecule has 0 bridgehead atoms. The first kappa shape index (κ1) is 17.7. The Bertz CT molecular complexity index is 1000. The summed E-state index contributed by atoms with van der Waals surface area (Å²) >= 11 is 0. The Kier molecular flexibility index (Phi) is 5.17. The maximum atomic E-state index is 11.1. The highest BCUT2D eigenvalue weighted by molar-refractivity contribution is 6.13. The number of hydrogen-bond acceptors (Lipinski definition) is 6. The van der Waals surface area contributed by atoms with Gasteiger partial charge in [-0.1, -0.05) is 30.3 Å². The monoisotopic (exact) mass is 362 g/mol. The number of nitro groups is 2. The van der Waals surface area contributed by atoms with E-state index in [2.05, 4.69) is 10.5 Å². The summed E-state index contributed by atoms with van der Waals surface area (Å²) in [6, 6.07) is 21.1. The quantitative estimate of drug-likeness (QED) is 0.398. The Labute approximate surface area is 154 Å². The van der Waals surface area contributed by atoms with E-state index >= 15 is 0 Å². The lowest BCUT2D eigenvalue weighted by molar-refractivity contribution is -0.385. The third-order valence-electron chi connectivity index (χ3n) is 3.75. The summed E-state index contributed by atoms with van der Waals surface area (Å²) in [5, 5.41) is 26.3. The Morgan fingerprint density at radius 1 is 0.741 bits per heavy atom. The van der Waals surface area contributed by atoms with E-state index in [1.807, 2.05) is 30.3 Å². The molecule has 0 aromatic heterocycles. The molecule has 0 radical (unpaired) electrons. The number of nitrogens with zero attached hydrogens (tertiary/aromatic N) is 3. The fourth-order valence-corrected chi connectivity index (χ4v) is 2.44. The first-order valence-corrected chi connectivity index (χ1v) is 7.93. The number of non-ortho nitro benzene ring substituents is 2. The van der Waals surface area contributed by atoms with Crippen LogP contribution in [0.3, 0.4) is 0 Å². The summed E-state index contributed by atoms with van der Waals surface area (Å²) in [5.74, 6) is 0. The van der Waals surface area contributed by atoms with E-state index in [1.54, 1.807) is 24.3 Å². The van der Waals surface area contributed by atoms with Crippen LogP contribution in [-0.2, 0) is 0 Å². The van der Waals surface area contributed by atoms with Gasteiger partial charge in [0, 0.05) is 35.4 Å². The van der Waals surface area contributed by atoms with Crippen LogP contribution in [0.1, 0.15) is 11.1 Å². The van der Waals surface area contributed by atoms with Gasteiger partial charge in [-0.15, -0.1) is 0 Å². The van der Waals surface area contributed by atoms with E-state index in [0.29, 0.717) is 16.8 Å². The Morgan fingerprint density at radius 3 is 2.04 bits per heavy atom. The molecule has 0 aliphatic rings.